The molecule has 1 aromatic carbocycles. The summed E-state index contributed by atoms with van der Waals surface area (Å²) in [7, 11) is 1.72. The van der Waals surface area contributed by atoms with Crippen molar-refractivity contribution < 1.29 is 18.4 Å². The molecule has 1 fully saturated rings. The fraction of sp³-hybridized carbons (Fsp3) is 0.500. The molecule has 1 aliphatic heterocycles. The summed E-state index contributed by atoms with van der Waals surface area (Å²) in [4.78, 5) is 2.35. The minimum atomic E-state index is -0.313. The first kappa shape index (κ1) is 19.0. The Kier molecular flexibility index (Phi) is 5.40. The Morgan fingerprint density at radius 1 is 1.29 bits per heavy atom. The Morgan fingerprint density at radius 2 is 2.14 bits per heavy atom. The summed E-state index contributed by atoms with van der Waals surface area (Å²) in [5.74, 6) is 0.616. The molecule has 0 bridgehead atoms. The molecule has 28 heavy (non-hydrogen) atoms. The molecule has 0 spiro atoms. The van der Waals surface area contributed by atoms with Gasteiger partial charge in [0.2, 0.25) is 0 Å². The summed E-state index contributed by atoms with van der Waals surface area (Å²) in [6.07, 6.45) is 8.33. The van der Waals surface area contributed by atoms with Crippen LogP contribution < -0.4 is 0 Å². The summed E-state index contributed by atoms with van der Waals surface area (Å²) in [6.45, 7) is 5.00. The fourth-order valence-corrected chi connectivity index (χ4v) is 4.21. The maximum atomic E-state index is 13.5. The highest BCUT2D eigenvalue weighted by Crippen LogP contribution is 2.39. The van der Waals surface area contributed by atoms with Gasteiger partial charge in [-0.1, -0.05) is 11.2 Å². The fourth-order valence-electron chi connectivity index (χ4n) is 4.21. The molecule has 0 radical (unpaired) electrons. The zero-order chi connectivity index (χ0) is 19.7. The first-order chi connectivity index (χ1) is 13.6. The third-order valence-corrected chi connectivity index (χ3v) is 5.42. The summed E-state index contributed by atoms with van der Waals surface area (Å²) in [5, 5.41) is 5.19. The lowest BCUT2D eigenvalue weighted by Gasteiger charge is -2.39. The Bertz CT molecular complexity index is 902. The molecule has 2 heterocycles. The number of benzene rings is 1. The molecule has 2 aliphatic rings. The molecule has 0 N–H and O–H groups in total. The van der Waals surface area contributed by atoms with Gasteiger partial charge in [0.25, 0.3) is 0 Å². The van der Waals surface area contributed by atoms with Crippen molar-refractivity contribution in [3.63, 3.8) is 0 Å². The lowest BCUT2D eigenvalue weighted by atomic mass is 9.94. The minimum Gasteiger partial charge on any atom is -0.499 e. The normalized spacial score (nSPS) is 23.1. The zero-order valence-electron chi connectivity index (χ0n) is 16.7. The van der Waals surface area contributed by atoms with Crippen molar-refractivity contribution in [2.75, 3.05) is 13.7 Å². The van der Waals surface area contributed by atoms with Crippen molar-refractivity contribution in [1.82, 2.24) is 10.1 Å². The van der Waals surface area contributed by atoms with Gasteiger partial charge < -0.3 is 18.9 Å². The van der Waals surface area contributed by atoms with Gasteiger partial charge in [-0.2, -0.15) is 0 Å². The molecule has 1 aromatic heterocycles. The predicted octanol–water partition coefficient (Wildman–Crippen LogP) is 5.11. The lowest BCUT2D eigenvalue weighted by molar-refractivity contribution is 0.0250. The zero-order valence-corrected chi connectivity index (χ0v) is 16.7. The molecule has 2 unspecified atom stereocenters. The van der Waals surface area contributed by atoms with Crippen LogP contribution in [0.1, 0.15) is 51.3 Å². The van der Waals surface area contributed by atoms with Crippen molar-refractivity contribution in [2.24, 2.45) is 0 Å². The number of aromatic nitrogens is 1. The Morgan fingerprint density at radius 3 is 2.93 bits per heavy atom. The van der Waals surface area contributed by atoms with Crippen LogP contribution in [0.25, 0.3) is 11.0 Å². The molecule has 1 saturated heterocycles. The van der Waals surface area contributed by atoms with Gasteiger partial charge in [0.15, 0.2) is 5.58 Å². The molecule has 6 heteroatoms. The highest BCUT2D eigenvalue weighted by Gasteiger charge is 2.32. The molecule has 1 aliphatic carbocycles. The van der Waals surface area contributed by atoms with Gasteiger partial charge in [0, 0.05) is 24.4 Å². The molecule has 4 rings (SSSR count). The average molecular weight is 386 g/mol. The third-order valence-electron chi connectivity index (χ3n) is 5.42. The second-order valence-corrected chi connectivity index (χ2v) is 7.71. The van der Waals surface area contributed by atoms with Crippen LogP contribution >= 0.6 is 0 Å². The van der Waals surface area contributed by atoms with Crippen LogP contribution in [-0.2, 0) is 9.47 Å². The number of hydrogen-bond donors (Lipinski definition) is 0. The van der Waals surface area contributed by atoms with Crippen LogP contribution in [0.5, 0.6) is 0 Å². The van der Waals surface area contributed by atoms with Crippen molar-refractivity contribution in [1.29, 1.82) is 0 Å². The first-order valence-electron chi connectivity index (χ1n) is 9.99. The highest BCUT2D eigenvalue weighted by atomic mass is 19.1. The second kappa shape index (κ2) is 7.95. The SMILES string of the molecule is COC1=C(N2CCCCC2c2noc3cc(F)ccc23)C=CC(OC(C)C)C1. The van der Waals surface area contributed by atoms with E-state index >= 15 is 0 Å². The van der Waals surface area contributed by atoms with Gasteiger partial charge in [-0.15, -0.1) is 0 Å². The number of nitrogens with zero attached hydrogens (tertiary/aromatic N) is 2. The van der Waals surface area contributed by atoms with Gasteiger partial charge in [0.05, 0.1) is 31.1 Å². The van der Waals surface area contributed by atoms with E-state index in [0.29, 0.717) is 12.0 Å². The van der Waals surface area contributed by atoms with E-state index in [-0.39, 0.29) is 24.1 Å². The first-order valence-corrected chi connectivity index (χ1v) is 9.99. The second-order valence-electron chi connectivity index (χ2n) is 7.71. The van der Waals surface area contributed by atoms with Crippen molar-refractivity contribution >= 4 is 11.0 Å². The number of halogens is 1. The van der Waals surface area contributed by atoms with Crippen LogP contribution in [-0.4, -0.2) is 35.9 Å². The van der Waals surface area contributed by atoms with E-state index in [1.807, 2.05) is 13.8 Å². The van der Waals surface area contributed by atoms with Crippen LogP contribution in [0.15, 0.2) is 46.3 Å². The van der Waals surface area contributed by atoms with Crippen molar-refractivity contribution in [2.45, 2.75) is 57.8 Å². The largest absolute Gasteiger partial charge is 0.499 e. The van der Waals surface area contributed by atoms with E-state index < -0.39 is 0 Å². The molecule has 2 aromatic rings. The van der Waals surface area contributed by atoms with Gasteiger partial charge >= 0.3 is 0 Å². The van der Waals surface area contributed by atoms with E-state index in [9.17, 15) is 4.39 Å². The monoisotopic (exact) mass is 386 g/mol. The summed E-state index contributed by atoms with van der Waals surface area (Å²) >= 11 is 0. The summed E-state index contributed by atoms with van der Waals surface area (Å²) in [6, 6.07) is 4.70. The number of rotatable bonds is 5. The smallest absolute Gasteiger partial charge is 0.170 e. The Hall–Kier alpha value is -2.34. The van der Waals surface area contributed by atoms with Crippen molar-refractivity contribution in [3.8, 4) is 0 Å². The number of allylic oxidation sites excluding steroid dienone is 1. The number of methoxy groups -OCH3 is 1. The molecule has 150 valence electrons. The number of piperidine rings is 1. The average Bonchev–Trinajstić information content (AvgIpc) is 3.10. The van der Waals surface area contributed by atoms with E-state index in [1.165, 1.54) is 12.1 Å². The molecule has 5 nitrogen and oxygen atoms in total. The van der Waals surface area contributed by atoms with E-state index in [4.69, 9.17) is 14.0 Å². The Labute approximate surface area is 164 Å². The lowest BCUT2D eigenvalue weighted by Crippen LogP contribution is -2.35. The molecular formula is C22H27FN2O3. The summed E-state index contributed by atoms with van der Waals surface area (Å²) in [5.41, 5.74) is 2.44. The van der Waals surface area contributed by atoms with E-state index in [1.54, 1.807) is 13.2 Å². The molecular weight excluding hydrogens is 359 g/mol. The standard InChI is InChI=1S/C22H27FN2O3/c1-14(2)27-16-8-10-18(21(13-16)26-3)25-11-5-4-6-19(25)22-17-9-7-15(23)12-20(17)28-24-22/h7-10,12,14,16,19H,4-6,11,13H2,1-3H3. The van der Waals surface area contributed by atoms with E-state index in [2.05, 4.69) is 22.2 Å². The van der Waals surface area contributed by atoms with Gasteiger partial charge in [-0.05, 0) is 51.3 Å². The third kappa shape index (κ3) is 3.65. The maximum Gasteiger partial charge on any atom is 0.170 e. The van der Waals surface area contributed by atoms with Gasteiger partial charge in [-0.3, -0.25) is 0 Å². The molecule has 0 amide bonds. The van der Waals surface area contributed by atoms with Crippen LogP contribution in [0.4, 0.5) is 4.39 Å². The molecule has 2 atom stereocenters. The minimum absolute atomic E-state index is 0.0257. The van der Waals surface area contributed by atoms with Crippen LogP contribution in [0, 0.1) is 5.82 Å². The number of ether oxygens (including phenoxy) is 2. The molecule has 0 saturated carbocycles. The number of fused-ring (bicyclic) bond motifs is 1. The van der Waals surface area contributed by atoms with Crippen LogP contribution in [0.3, 0.4) is 0 Å². The summed E-state index contributed by atoms with van der Waals surface area (Å²) < 4.78 is 30.7. The highest BCUT2D eigenvalue weighted by molar-refractivity contribution is 5.79. The van der Waals surface area contributed by atoms with Crippen molar-refractivity contribution in [3.05, 3.63) is 53.3 Å². The maximum absolute atomic E-state index is 13.5. The van der Waals surface area contributed by atoms with E-state index in [0.717, 1.165) is 48.3 Å². The topological polar surface area (TPSA) is 47.7 Å². The van der Waals surface area contributed by atoms with Gasteiger partial charge in [-0.25, -0.2) is 4.39 Å². The quantitative estimate of drug-likeness (QED) is 0.715. The predicted molar refractivity (Wildman–Crippen MR) is 105 cm³/mol. The van der Waals surface area contributed by atoms with Gasteiger partial charge in [0.1, 0.15) is 17.3 Å². The Balaban J connectivity index is 1.67. The number of hydrogen-bond acceptors (Lipinski definition) is 5. The number of likely N-dealkylation sites (tertiary alicyclic amines) is 1. The van der Waals surface area contributed by atoms with Crippen LogP contribution in [0.2, 0.25) is 0 Å².